The van der Waals surface area contributed by atoms with E-state index in [4.69, 9.17) is 0 Å². The van der Waals surface area contributed by atoms with Crippen molar-refractivity contribution in [2.45, 2.75) is 6.18 Å². The first-order valence-electron chi connectivity index (χ1n) is 7.15. The third kappa shape index (κ3) is 3.56. The van der Waals surface area contributed by atoms with Crippen LogP contribution in [0.5, 0.6) is 0 Å². The second-order valence-corrected chi connectivity index (χ2v) is 5.42. The number of aromatic nitrogens is 1. The molecule has 9 heteroatoms. The highest BCUT2D eigenvalue weighted by Gasteiger charge is 2.30. The molecule has 2 N–H and O–H groups in total. The summed E-state index contributed by atoms with van der Waals surface area (Å²) in [5.41, 5.74) is -2.42. The minimum Gasteiger partial charge on any atom is -0.322 e. The molecular weight excluding hydrogens is 359 g/mol. The number of pyridine rings is 1. The molecule has 0 aliphatic heterocycles. The van der Waals surface area contributed by atoms with Gasteiger partial charge in [0.15, 0.2) is 0 Å². The summed E-state index contributed by atoms with van der Waals surface area (Å²) in [6.07, 6.45) is -4.62. The number of carbonyl (C=O) groups is 1. The van der Waals surface area contributed by atoms with Gasteiger partial charge in [0.1, 0.15) is 11.6 Å². The van der Waals surface area contributed by atoms with Gasteiger partial charge in [0.2, 0.25) is 5.56 Å². The summed E-state index contributed by atoms with van der Waals surface area (Å²) in [6.45, 7) is 0. The maximum atomic E-state index is 13.2. The minimum absolute atomic E-state index is 0.0481. The molecule has 3 aromatic rings. The van der Waals surface area contributed by atoms with E-state index in [-0.39, 0.29) is 22.2 Å². The lowest BCUT2D eigenvalue weighted by Crippen LogP contribution is -2.17. The van der Waals surface area contributed by atoms with E-state index < -0.39 is 34.8 Å². The van der Waals surface area contributed by atoms with Gasteiger partial charge in [-0.3, -0.25) is 9.59 Å². The molecule has 0 saturated carbocycles. The van der Waals surface area contributed by atoms with E-state index in [9.17, 15) is 31.5 Å². The van der Waals surface area contributed by atoms with E-state index in [1.807, 2.05) is 0 Å². The van der Waals surface area contributed by atoms with Crippen LogP contribution in [0.2, 0.25) is 0 Å². The predicted molar refractivity (Wildman–Crippen MR) is 83.9 cm³/mol. The summed E-state index contributed by atoms with van der Waals surface area (Å²) >= 11 is 0. The molecule has 0 fully saturated rings. The lowest BCUT2D eigenvalue weighted by atomic mass is 10.1. The molecule has 2 aromatic carbocycles. The lowest BCUT2D eigenvalue weighted by molar-refractivity contribution is -0.137. The molecule has 26 heavy (non-hydrogen) atoms. The van der Waals surface area contributed by atoms with Crippen molar-refractivity contribution in [1.29, 1.82) is 0 Å². The molecule has 0 spiro atoms. The predicted octanol–water partition coefficient (Wildman–Crippen LogP) is 4.08. The molecule has 0 unspecified atom stereocenters. The van der Waals surface area contributed by atoms with Gasteiger partial charge in [0.25, 0.3) is 5.91 Å². The van der Waals surface area contributed by atoms with Gasteiger partial charge in [-0.1, -0.05) is 6.07 Å². The highest BCUT2D eigenvalue weighted by molar-refractivity contribution is 6.12. The summed E-state index contributed by atoms with van der Waals surface area (Å²) in [5.74, 6) is -2.75. The topological polar surface area (TPSA) is 62.0 Å². The van der Waals surface area contributed by atoms with Crippen LogP contribution >= 0.6 is 0 Å². The quantitative estimate of drug-likeness (QED) is 0.670. The first-order valence-corrected chi connectivity index (χ1v) is 7.15. The summed E-state index contributed by atoms with van der Waals surface area (Å²) in [6, 6.07) is 5.72. The van der Waals surface area contributed by atoms with Crippen molar-refractivity contribution < 1.29 is 26.7 Å². The third-order valence-electron chi connectivity index (χ3n) is 3.54. The van der Waals surface area contributed by atoms with Gasteiger partial charge >= 0.3 is 6.18 Å². The zero-order valence-corrected chi connectivity index (χ0v) is 12.7. The minimum atomic E-state index is -4.62. The molecule has 134 valence electrons. The van der Waals surface area contributed by atoms with Gasteiger partial charge in [-0.05, 0) is 24.3 Å². The van der Waals surface area contributed by atoms with Crippen LogP contribution in [0.15, 0.2) is 47.3 Å². The number of aromatic amines is 1. The second-order valence-electron chi connectivity index (χ2n) is 5.42. The van der Waals surface area contributed by atoms with Crippen molar-refractivity contribution in [2.24, 2.45) is 0 Å². The first-order chi connectivity index (χ1) is 12.1. The van der Waals surface area contributed by atoms with E-state index in [0.717, 1.165) is 30.3 Å². The average Bonchev–Trinajstić information content (AvgIpc) is 2.51. The average molecular weight is 368 g/mol. The first kappa shape index (κ1) is 17.6. The standard InChI is InChI=1S/C17H9F5N2O2/c18-9-4-10(19)6-11(5-9)23-16(26)13-7-15(25)24-14-3-8(17(20,21)22)1-2-12(13)14/h1-7H,(H,23,26)(H,24,25). The van der Waals surface area contributed by atoms with E-state index in [1.165, 1.54) is 0 Å². The van der Waals surface area contributed by atoms with Crippen molar-refractivity contribution in [3.63, 3.8) is 0 Å². The number of alkyl halides is 3. The molecule has 0 atom stereocenters. The Morgan fingerprint density at radius 1 is 0.962 bits per heavy atom. The van der Waals surface area contributed by atoms with Crippen molar-refractivity contribution in [3.05, 3.63) is 75.6 Å². The number of nitrogens with one attached hydrogen (secondary N) is 2. The SMILES string of the molecule is O=C(Nc1cc(F)cc(F)c1)c1cc(=O)[nH]c2cc(C(F)(F)F)ccc12. The van der Waals surface area contributed by atoms with E-state index in [1.54, 1.807) is 0 Å². The van der Waals surface area contributed by atoms with Gasteiger partial charge in [0, 0.05) is 28.7 Å². The van der Waals surface area contributed by atoms with Gasteiger partial charge in [-0.25, -0.2) is 8.78 Å². The van der Waals surface area contributed by atoms with Gasteiger partial charge < -0.3 is 10.3 Å². The normalized spacial score (nSPS) is 11.6. The molecule has 0 radical (unpaired) electrons. The third-order valence-corrected chi connectivity index (χ3v) is 3.54. The number of rotatable bonds is 2. The summed E-state index contributed by atoms with van der Waals surface area (Å²) < 4.78 is 64.8. The van der Waals surface area contributed by atoms with E-state index in [2.05, 4.69) is 10.3 Å². The number of anilines is 1. The summed E-state index contributed by atoms with van der Waals surface area (Å²) in [7, 11) is 0. The van der Waals surface area contributed by atoms with Crippen molar-refractivity contribution in [3.8, 4) is 0 Å². The van der Waals surface area contributed by atoms with Gasteiger partial charge in [-0.15, -0.1) is 0 Å². The molecule has 1 heterocycles. The fourth-order valence-electron chi connectivity index (χ4n) is 2.45. The van der Waals surface area contributed by atoms with Crippen LogP contribution in [0.4, 0.5) is 27.6 Å². The molecule has 1 aromatic heterocycles. The van der Waals surface area contributed by atoms with Gasteiger partial charge in [-0.2, -0.15) is 13.2 Å². The number of benzene rings is 2. The molecule has 0 bridgehead atoms. The zero-order valence-electron chi connectivity index (χ0n) is 12.7. The van der Waals surface area contributed by atoms with Crippen molar-refractivity contribution >= 4 is 22.5 Å². The zero-order chi connectivity index (χ0) is 19.1. The Hall–Kier alpha value is -3.23. The second kappa shape index (κ2) is 6.25. The van der Waals surface area contributed by atoms with Crippen LogP contribution in [-0.2, 0) is 6.18 Å². The lowest BCUT2D eigenvalue weighted by Gasteiger charge is -2.11. The number of halogens is 5. The Bertz CT molecular complexity index is 1050. The fourth-order valence-corrected chi connectivity index (χ4v) is 2.45. The van der Waals surface area contributed by atoms with Crippen molar-refractivity contribution in [2.75, 3.05) is 5.32 Å². The van der Waals surface area contributed by atoms with E-state index >= 15 is 0 Å². The Kier molecular flexibility index (Phi) is 4.23. The number of hydrogen-bond acceptors (Lipinski definition) is 2. The maximum absolute atomic E-state index is 13.2. The Morgan fingerprint density at radius 2 is 1.62 bits per heavy atom. The van der Waals surface area contributed by atoms with Gasteiger partial charge in [0.05, 0.1) is 11.1 Å². The molecule has 0 aliphatic carbocycles. The number of fused-ring (bicyclic) bond motifs is 1. The smallest absolute Gasteiger partial charge is 0.322 e. The van der Waals surface area contributed by atoms with Crippen LogP contribution in [0, 0.1) is 11.6 Å². The van der Waals surface area contributed by atoms with Crippen LogP contribution in [-0.4, -0.2) is 10.9 Å². The molecule has 1 amide bonds. The van der Waals surface area contributed by atoms with Crippen LogP contribution in [0.1, 0.15) is 15.9 Å². The van der Waals surface area contributed by atoms with Crippen LogP contribution < -0.4 is 10.9 Å². The fraction of sp³-hybridized carbons (Fsp3) is 0.0588. The number of carbonyl (C=O) groups excluding carboxylic acids is 1. The van der Waals surface area contributed by atoms with Crippen LogP contribution in [0.25, 0.3) is 10.9 Å². The summed E-state index contributed by atoms with van der Waals surface area (Å²) in [5, 5.41) is 2.26. The Morgan fingerprint density at radius 3 is 2.23 bits per heavy atom. The Labute approximate surface area is 142 Å². The maximum Gasteiger partial charge on any atom is 0.416 e. The molecular formula is C17H9F5N2O2. The van der Waals surface area contributed by atoms with Crippen molar-refractivity contribution in [1.82, 2.24) is 4.98 Å². The number of amides is 1. The van der Waals surface area contributed by atoms with Crippen LogP contribution in [0.3, 0.4) is 0 Å². The highest BCUT2D eigenvalue weighted by Crippen LogP contribution is 2.31. The monoisotopic (exact) mass is 368 g/mol. The van der Waals surface area contributed by atoms with E-state index in [0.29, 0.717) is 12.1 Å². The molecule has 4 nitrogen and oxygen atoms in total. The molecule has 3 rings (SSSR count). The molecule has 0 saturated heterocycles. The number of hydrogen-bond donors (Lipinski definition) is 2. The summed E-state index contributed by atoms with van der Waals surface area (Å²) in [4.78, 5) is 26.3. The largest absolute Gasteiger partial charge is 0.416 e. The number of H-pyrrole nitrogens is 1. The highest BCUT2D eigenvalue weighted by atomic mass is 19.4. The Balaban J connectivity index is 2.06. The molecule has 0 aliphatic rings.